The van der Waals surface area contributed by atoms with E-state index in [4.69, 9.17) is 5.73 Å². The number of carboxylic acids is 1. The number of hydrogen-bond donors (Lipinski definition) is 3. The van der Waals surface area contributed by atoms with Gasteiger partial charge in [0.1, 0.15) is 5.00 Å². The van der Waals surface area contributed by atoms with Crippen LogP contribution in [0.3, 0.4) is 0 Å². The van der Waals surface area contributed by atoms with Gasteiger partial charge in [0.25, 0.3) is 5.91 Å². The molecule has 7 heteroatoms. The van der Waals surface area contributed by atoms with Crippen molar-refractivity contribution in [2.24, 2.45) is 29.4 Å². The molecular formula is C23H24N2O4S. The van der Waals surface area contributed by atoms with Crippen LogP contribution in [0, 0.1) is 30.6 Å². The van der Waals surface area contributed by atoms with Crippen LogP contribution in [-0.2, 0) is 16.0 Å². The van der Waals surface area contributed by atoms with Gasteiger partial charge in [-0.1, -0.05) is 43.3 Å². The Kier molecular flexibility index (Phi) is 5.24. The van der Waals surface area contributed by atoms with Crippen molar-refractivity contribution < 1.29 is 19.5 Å². The average molecular weight is 425 g/mol. The van der Waals surface area contributed by atoms with Gasteiger partial charge in [-0.15, -0.1) is 11.3 Å². The molecule has 2 aliphatic rings. The van der Waals surface area contributed by atoms with E-state index < -0.39 is 23.7 Å². The van der Waals surface area contributed by atoms with Crippen molar-refractivity contribution in [2.45, 2.75) is 26.7 Å². The number of aliphatic carboxylic acids is 1. The molecule has 4 atom stereocenters. The van der Waals surface area contributed by atoms with Crippen molar-refractivity contribution in [3.63, 3.8) is 0 Å². The van der Waals surface area contributed by atoms with Crippen LogP contribution in [0.25, 0.3) is 11.1 Å². The largest absolute Gasteiger partial charge is 0.481 e. The van der Waals surface area contributed by atoms with Gasteiger partial charge >= 0.3 is 5.97 Å². The molecule has 0 unspecified atom stereocenters. The zero-order chi connectivity index (χ0) is 21.6. The van der Waals surface area contributed by atoms with Gasteiger partial charge in [0.2, 0.25) is 5.91 Å². The number of anilines is 1. The minimum atomic E-state index is -0.957. The average Bonchev–Trinajstić information content (AvgIpc) is 3.40. The maximum absolute atomic E-state index is 13.1. The van der Waals surface area contributed by atoms with Crippen LogP contribution in [0.2, 0.25) is 0 Å². The normalized spacial score (nSPS) is 24.2. The first-order chi connectivity index (χ1) is 14.3. The molecule has 0 saturated heterocycles. The van der Waals surface area contributed by atoms with E-state index in [1.54, 1.807) is 0 Å². The van der Waals surface area contributed by atoms with Gasteiger partial charge in [-0.25, -0.2) is 0 Å². The van der Waals surface area contributed by atoms with Gasteiger partial charge < -0.3 is 16.2 Å². The van der Waals surface area contributed by atoms with Crippen molar-refractivity contribution in [1.82, 2.24) is 0 Å². The highest BCUT2D eigenvalue weighted by atomic mass is 32.1. The summed E-state index contributed by atoms with van der Waals surface area (Å²) in [6.45, 7) is 3.96. The van der Waals surface area contributed by atoms with Crippen LogP contribution in [0.1, 0.15) is 34.1 Å². The highest BCUT2D eigenvalue weighted by molar-refractivity contribution is 7.17. The van der Waals surface area contributed by atoms with Crippen molar-refractivity contribution in [3.8, 4) is 11.1 Å². The Labute approximate surface area is 178 Å². The second-order valence-corrected chi connectivity index (χ2v) is 9.20. The quantitative estimate of drug-likeness (QED) is 0.612. The van der Waals surface area contributed by atoms with Crippen molar-refractivity contribution in [1.29, 1.82) is 0 Å². The predicted octanol–water partition coefficient (Wildman–Crippen LogP) is 3.85. The number of rotatable bonds is 6. The van der Waals surface area contributed by atoms with Gasteiger partial charge in [0.15, 0.2) is 0 Å². The van der Waals surface area contributed by atoms with Crippen molar-refractivity contribution in [2.75, 3.05) is 5.32 Å². The van der Waals surface area contributed by atoms with Crippen LogP contribution in [-0.4, -0.2) is 22.9 Å². The number of allylic oxidation sites excluding steroid dienone is 2. The molecule has 1 aromatic heterocycles. The molecule has 1 fully saturated rings. The SMILES string of the molecule is CCc1ccc(-c2c(C)sc(NC(=O)[C@H]3[C@@H](C(=O)O)[C@H]4C=C[C@H]3C4)c2C(N)=O)cc1. The monoisotopic (exact) mass is 424 g/mol. The Morgan fingerprint density at radius 2 is 1.77 bits per heavy atom. The highest BCUT2D eigenvalue weighted by Crippen LogP contribution is 2.49. The molecule has 1 heterocycles. The Hall–Kier alpha value is -2.93. The number of amides is 2. The molecule has 2 aromatic rings. The number of carbonyl (C=O) groups excluding carboxylic acids is 2. The molecule has 2 bridgehead atoms. The number of fused-ring (bicyclic) bond motifs is 2. The van der Waals surface area contributed by atoms with E-state index in [0.29, 0.717) is 17.0 Å². The lowest BCUT2D eigenvalue weighted by atomic mass is 9.82. The number of nitrogens with two attached hydrogens (primary N) is 1. The number of carboxylic acid groups (broad SMARTS) is 1. The summed E-state index contributed by atoms with van der Waals surface area (Å²) in [5, 5.41) is 12.8. The molecule has 156 valence electrons. The van der Waals surface area contributed by atoms with Crippen molar-refractivity contribution in [3.05, 3.63) is 52.4 Å². The zero-order valence-electron chi connectivity index (χ0n) is 16.8. The number of thiophene rings is 1. The molecule has 0 spiro atoms. The van der Waals surface area contributed by atoms with E-state index >= 15 is 0 Å². The summed E-state index contributed by atoms with van der Waals surface area (Å²) in [6.07, 6.45) is 5.42. The van der Waals surface area contributed by atoms with Gasteiger partial charge in [0, 0.05) is 10.4 Å². The number of benzene rings is 1. The number of aryl methyl sites for hydroxylation is 2. The third-order valence-electron chi connectivity index (χ3n) is 6.27. The van der Waals surface area contributed by atoms with E-state index in [0.717, 1.165) is 16.9 Å². The molecule has 1 aromatic carbocycles. The van der Waals surface area contributed by atoms with E-state index in [1.807, 2.05) is 43.3 Å². The van der Waals surface area contributed by atoms with E-state index in [1.165, 1.54) is 16.9 Å². The number of hydrogen-bond acceptors (Lipinski definition) is 4. The van der Waals surface area contributed by atoms with Gasteiger partial charge in [0.05, 0.1) is 17.4 Å². The van der Waals surface area contributed by atoms with E-state index in [2.05, 4.69) is 12.2 Å². The summed E-state index contributed by atoms with van der Waals surface area (Å²) in [5.74, 6) is -3.53. The molecule has 0 aliphatic heterocycles. The molecule has 0 radical (unpaired) electrons. The summed E-state index contributed by atoms with van der Waals surface area (Å²) in [7, 11) is 0. The summed E-state index contributed by atoms with van der Waals surface area (Å²) in [4.78, 5) is 38.0. The molecule has 6 nitrogen and oxygen atoms in total. The maximum atomic E-state index is 13.1. The number of nitrogens with one attached hydrogen (secondary N) is 1. The zero-order valence-corrected chi connectivity index (χ0v) is 17.7. The fourth-order valence-corrected chi connectivity index (χ4v) is 5.92. The Morgan fingerprint density at radius 1 is 1.13 bits per heavy atom. The minimum absolute atomic E-state index is 0.0877. The summed E-state index contributed by atoms with van der Waals surface area (Å²) < 4.78 is 0. The van der Waals surface area contributed by atoms with Crippen LogP contribution < -0.4 is 11.1 Å². The smallest absolute Gasteiger partial charge is 0.307 e. The Balaban J connectivity index is 1.68. The molecule has 2 amide bonds. The predicted molar refractivity (Wildman–Crippen MR) is 116 cm³/mol. The minimum Gasteiger partial charge on any atom is -0.481 e. The first-order valence-corrected chi connectivity index (χ1v) is 10.9. The topological polar surface area (TPSA) is 109 Å². The molecule has 30 heavy (non-hydrogen) atoms. The summed E-state index contributed by atoms with van der Waals surface area (Å²) >= 11 is 1.29. The van der Waals surface area contributed by atoms with E-state index in [-0.39, 0.29) is 23.3 Å². The molecule has 4 N–H and O–H groups in total. The second-order valence-electron chi connectivity index (χ2n) is 7.98. The lowest BCUT2D eigenvalue weighted by Crippen LogP contribution is -2.36. The summed E-state index contributed by atoms with van der Waals surface area (Å²) in [5.41, 5.74) is 8.74. The number of carbonyl (C=O) groups is 3. The first-order valence-electron chi connectivity index (χ1n) is 10.1. The lowest BCUT2D eigenvalue weighted by Gasteiger charge is -2.23. The fourth-order valence-electron chi connectivity index (χ4n) is 4.83. The van der Waals surface area contributed by atoms with Crippen LogP contribution >= 0.6 is 11.3 Å². The van der Waals surface area contributed by atoms with Gasteiger partial charge in [-0.2, -0.15) is 0 Å². The fraction of sp³-hybridized carbons (Fsp3) is 0.348. The molecule has 1 saturated carbocycles. The van der Waals surface area contributed by atoms with Crippen LogP contribution in [0.5, 0.6) is 0 Å². The van der Waals surface area contributed by atoms with Crippen LogP contribution in [0.4, 0.5) is 5.00 Å². The number of primary amides is 1. The summed E-state index contributed by atoms with van der Waals surface area (Å²) in [6, 6.07) is 7.92. The Morgan fingerprint density at radius 3 is 2.33 bits per heavy atom. The standard InChI is InChI=1S/C23H24N2O4S/c1-3-12-4-6-13(7-5-12)16-11(2)30-22(19(16)20(24)26)25-21(27)17-14-8-9-15(10-14)18(17)23(28)29/h4-9,14-15,17-18H,3,10H2,1-2H3,(H2,24,26)(H,25,27)(H,28,29)/t14-,15-,17+,18-/m0/s1. The third kappa shape index (κ3) is 3.33. The third-order valence-corrected chi connectivity index (χ3v) is 7.29. The maximum Gasteiger partial charge on any atom is 0.307 e. The highest BCUT2D eigenvalue weighted by Gasteiger charge is 2.51. The van der Waals surface area contributed by atoms with Crippen LogP contribution in [0.15, 0.2) is 36.4 Å². The Bertz CT molecular complexity index is 1050. The molecule has 2 aliphatic carbocycles. The van der Waals surface area contributed by atoms with Gasteiger partial charge in [-0.05, 0) is 42.7 Å². The molecular weight excluding hydrogens is 400 g/mol. The first kappa shape index (κ1) is 20.3. The lowest BCUT2D eigenvalue weighted by molar-refractivity contribution is -0.146. The molecule has 4 rings (SSSR count). The second kappa shape index (κ2) is 7.72. The van der Waals surface area contributed by atoms with Gasteiger partial charge in [-0.3, -0.25) is 14.4 Å². The van der Waals surface area contributed by atoms with E-state index in [9.17, 15) is 19.5 Å². The van der Waals surface area contributed by atoms with Crippen molar-refractivity contribution >= 4 is 34.1 Å².